The summed E-state index contributed by atoms with van der Waals surface area (Å²) in [6, 6.07) is 25.1. The van der Waals surface area contributed by atoms with Crippen LogP contribution in [0.25, 0.3) is 11.1 Å². The number of benzene rings is 3. The van der Waals surface area contributed by atoms with Crippen LogP contribution >= 0.6 is 0 Å². The summed E-state index contributed by atoms with van der Waals surface area (Å²) >= 11 is 0. The predicted octanol–water partition coefficient (Wildman–Crippen LogP) is 5.52. The highest BCUT2D eigenvalue weighted by Crippen LogP contribution is 2.43. The third-order valence-electron chi connectivity index (χ3n) is 7.06. The molecule has 3 N–H and O–H groups in total. The van der Waals surface area contributed by atoms with Crippen molar-refractivity contribution in [2.45, 2.75) is 70.6 Å². The first-order chi connectivity index (χ1) is 21.1. The average Bonchev–Trinajstić information content (AvgIpc) is 3.41. The minimum Gasteiger partial charge on any atom is -0.494 e. The van der Waals surface area contributed by atoms with Gasteiger partial charge in [-0.15, -0.1) is 0 Å². The number of nitrogens with zero attached hydrogens (tertiary/aromatic N) is 1. The van der Waals surface area contributed by atoms with E-state index in [1.54, 1.807) is 12.1 Å². The summed E-state index contributed by atoms with van der Waals surface area (Å²) < 4.78 is 17.8. The van der Waals surface area contributed by atoms with Gasteiger partial charge in [-0.2, -0.15) is 0 Å². The van der Waals surface area contributed by atoms with E-state index in [0.717, 1.165) is 23.1 Å². The number of hydrazine groups is 1. The Balaban J connectivity index is 1.72. The standard InChI is InChI=1S/C35H43N3O6/c1-5-22-36-38-33(41)35(21-20-30(40)44-34(2,3)4)31(27-14-12-26(13-15-27)25-10-7-6-8-11-25)43-32(37-35)28-16-18-29(19-17-28)42-24-9-23-39/h6-8,10-19,31,36,39H,5,9,20-24H2,1-4H3,(H,38,41)/t31-,35-/m0/s1. The second-order valence-electron chi connectivity index (χ2n) is 11.7. The van der Waals surface area contributed by atoms with E-state index in [9.17, 15) is 9.59 Å². The van der Waals surface area contributed by atoms with Crippen LogP contribution in [0.15, 0.2) is 83.9 Å². The third kappa shape index (κ3) is 8.45. The van der Waals surface area contributed by atoms with Crippen molar-refractivity contribution in [3.63, 3.8) is 0 Å². The van der Waals surface area contributed by atoms with Gasteiger partial charge in [-0.3, -0.25) is 15.0 Å². The van der Waals surface area contributed by atoms with Crippen LogP contribution in [-0.4, -0.2) is 53.8 Å². The molecule has 0 saturated heterocycles. The van der Waals surface area contributed by atoms with Crippen molar-refractivity contribution in [3.8, 4) is 16.9 Å². The molecule has 9 nitrogen and oxygen atoms in total. The maximum Gasteiger partial charge on any atom is 0.306 e. The van der Waals surface area contributed by atoms with Crippen molar-refractivity contribution in [2.75, 3.05) is 19.8 Å². The molecule has 0 bridgehead atoms. The van der Waals surface area contributed by atoms with E-state index in [1.807, 2.05) is 94.4 Å². The van der Waals surface area contributed by atoms with Crippen LogP contribution < -0.4 is 15.6 Å². The molecule has 3 aromatic rings. The molecule has 0 aromatic heterocycles. The molecule has 44 heavy (non-hydrogen) atoms. The highest BCUT2D eigenvalue weighted by atomic mass is 16.6. The zero-order valence-corrected chi connectivity index (χ0v) is 26.0. The van der Waals surface area contributed by atoms with Crippen molar-refractivity contribution in [2.24, 2.45) is 4.99 Å². The van der Waals surface area contributed by atoms with Gasteiger partial charge >= 0.3 is 5.97 Å². The smallest absolute Gasteiger partial charge is 0.306 e. The van der Waals surface area contributed by atoms with Crippen molar-refractivity contribution in [1.29, 1.82) is 0 Å². The molecule has 234 valence electrons. The van der Waals surface area contributed by atoms with Crippen molar-refractivity contribution in [1.82, 2.24) is 10.9 Å². The second-order valence-corrected chi connectivity index (χ2v) is 11.7. The van der Waals surface area contributed by atoms with Crippen molar-refractivity contribution in [3.05, 3.63) is 90.0 Å². The Hall–Kier alpha value is -4.21. The molecule has 1 heterocycles. The third-order valence-corrected chi connectivity index (χ3v) is 7.06. The molecule has 1 aliphatic heterocycles. The van der Waals surface area contributed by atoms with E-state index >= 15 is 0 Å². The fraction of sp³-hybridized carbons (Fsp3) is 0.400. The maximum atomic E-state index is 14.0. The largest absolute Gasteiger partial charge is 0.494 e. The summed E-state index contributed by atoms with van der Waals surface area (Å²) in [4.78, 5) is 31.9. The highest BCUT2D eigenvalue weighted by molar-refractivity contribution is 6.01. The first-order valence-electron chi connectivity index (χ1n) is 15.2. The highest BCUT2D eigenvalue weighted by Gasteiger charge is 2.53. The predicted molar refractivity (Wildman–Crippen MR) is 170 cm³/mol. The molecule has 0 spiro atoms. The molecule has 4 rings (SSSR count). The fourth-order valence-corrected chi connectivity index (χ4v) is 4.91. The lowest BCUT2D eigenvalue weighted by molar-refractivity contribution is -0.155. The van der Waals surface area contributed by atoms with Gasteiger partial charge < -0.3 is 19.3 Å². The van der Waals surface area contributed by atoms with Gasteiger partial charge in [0.25, 0.3) is 5.91 Å². The van der Waals surface area contributed by atoms with Crippen molar-refractivity contribution < 1.29 is 28.9 Å². The van der Waals surface area contributed by atoms with Crippen LogP contribution in [0.2, 0.25) is 0 Å². The zero-order valence-electron chi connectivity index (χ0n) is 26.0. The zero-order chi connectivity index (χ0) is 31.6. The summed E-state index contributed by atoms with van der Waals surface area (Å²) in [6.45, 7) is 8.45. The lowest BCUT2D eigenvalue weighted by Crippen LogP contribution is -2.53. The Labute approximate surface area is 259 Å². The van der Waals surface area contributed by atoms with E-state index in [2.05, 4.69) is 10.9 Å². The maximum absolute atomic E-state index is 14.0. The minimum absolute atomic E-state index is 0.0329. The molecule has 2 atom stereocenters. The van der Waals surface area contributed by atoms with Gasteiger partial charge in [0.2, 0.25) is 5.90 Å². The van der Waals surface area contributed by atoms with Gasteiger partial charge in [0.15, 0.2) is 11.6 Å². The number of hydrogen-bond acceptors (Lipinski definition) is 8. The number of aliphatic imine (C=N–C) groups is 1. The number of amides is 1. The van der Waals surface area contributed by atoms with Crippen LogP contribution in [0, 0.1) is 0 Å². The minimum atomic E-state index is -1.46. The number of esters is 1. The summed E-state index contributed by atoms with van der Waals surface area (Å²) in [5.74, 6) is 0.119. The first-order valence-corrected chi connectivity index (χ1v) is 15.2. The van der Waals surface area contributed by atoms with Gasteiger partial charge in [0.05, 0.1) is 6.61 Å². The number of ether oxygens (including phenoxy) is 3. The van der Waals surface area contributed by atoms with E-state index in [1.165, 1.54) is 0 Å². The Morgan fingerprint density at radius 3 is 2.25 bits per heavy atom. The Bertz CT molecular complexity index is 1400. The van der Waals surface area contributed by atoms with Gasteiger partial charge in [-0.1, -0.05) is 61.5 Å². The van der Waals surface area contributed by atoms with Crippen LogP contribution in [0.1, 0.15) is 70.6 Å². The Kier molecular flexibility index (Phi) is 11.1. The van der Waals surface area contributed by atoms with E-state index in [-0.39, 0.29) is 19.4 Å². The molecule has 1 amide bonds. The topological polar surface area (TPSA) is 118 Å². The molecule has 1 aliphatic rings. The Morgan fingerprint density at radius 1 is 0.955 bits per heavy atom. The summed E-state index contributed by atoms with van der Waals surface area (Å²) in [5.41, 5.74) is 7.18. The number of rotatable bonds is 14. The normalized spacial score (nSPS) is 17.8. The number of aliphatic hydroxyl groups is 1. The van der Waals surface area contributed by atoms with Gasteiger partial charge in [0, 0.05) is 31.6 Å². The number of carbonyl (C=O) groups excluding carboxylic acids is 2. The van der Waals surface area contributed by atoms with Gasteiger partial charge in [-0.25, -0.2) is 10.4 Å². The van der Waals surface area contributed by atoms with Gasteiger partial charge in [-0.05, 0) is 74.6 Å². The fourth-order valence-electron chi connectivity index (χ4n) is 4.91. The van der Waals surface area contributed by atoms with E-state index < -0.39 is 29.1 Å². The summed E-state index contributed by atoms with van der Waals surface area (Å²) in [5, 5.41) is 9.04. The molecule has 3 aromatic carbocycles. The molecule has 0 radical (unpaired) electrons. The Morgan fingerprint density at radius 2 is 1.61 bits per heavy atom. The molecule has 0 aliphatic carbocycles. The molecule has 9 heteroatoms. The monoisotopic (exact) mass is 601 g/mol. The first kappa shape index (κ1) is 32.7. The number of nitrogens with one attached hydrogen (secondary N) is 2. The van der Waals surface area contributed by atoms with Crippen LogP contribution in [0.5, 0.6) is 5.75 Å². The molecule has 0 unspecified atom stereocenters. The van der Waals surface area contributed by atoms with Crippen molar-refractivity contribution >= 4 is 17.8 Å². The number of carbonyl (C=O) groups is 2. The molecular formula is C35H43N3O6. The molecule has 0 saturated carbocycles. The summed E-state index contributed by atoms with van der Waals surface area (Å²) in [6.07, 6.45) is 0.568. The average molecular weight is 602 g/mol. The second kappa shape index (κ2) is 15.0. The summed E-state index contributed by atoms with van der Waals surface area (Å²) in [7, 11) is 0. The number of aliphatic hydroxyl groups excluding tert-OH is 1. The van der Waals surface area contributed by atoms with Gasteiger partial charge in [0.1, 0.15) is 11.4 Å². The number of hydrogen-bond donors (Lipinski definition) is 3. The lowest BCUT2D eigenvalue weighted by Gasteiger charge is -2.31. The van der Waals surface area contributed by atoms with Crippen LogP contribution in [-0.2, 0) is 19.1 Å². The molecular weight excluding hydrogens is 558 g/mol. The SMILES string of the molecule is CCCNNC(=O)[C@@]1(CCC(=O)OC(C)(C)C)N=C(c2ccc(OCCCO)cc2)O[C@H]1c1ccc(-c2ccccc2)cc1. The van der Waals surface area contributed by atoms with Crippen LogP contribution in [0.4, 0.5) is 0 Å². The van der Waals surface area contributed by atoms with E-state index in [0.29, 0.717) is 36.8 Å². The molecule has 0 fully saturated rings. The van der Waals surface area contributed by atoms with Crippen LogP contribution in [0.3, 0.4) is 0 Å². The van der Waals surface area contributed by atoms with E-state index in [4.69, 9.17) is 24.3 Å². The lowest BCUT2D eigenvalue weighted by atomic mass is 9.83. The quantitative estimate of drug-likeness (QED) is 0.126.